The molecule has 0 aliphatic carbocycles. The largest absolute Gasteiger partial charge is 0.522 e. The molecule has 0 unspecified atom stereocenters. The van der Waals surface area contributed by atoms with Crippen molar-refractivity contribution in [3.8, 4) is 0 Å². The van der Waals surface area contributed by atoms with Gasteiger partial charge >= 0.3 is 31.3 Å². The molecule has 4 heterocycles. The van der Waals surface area contributed by atoms with Crippen LogP contribution in [0.5, 0.6) is 0 Å². The van der Waals surface area contributed by atoms with E-state index >= 15 is 0 Å². The molecule has 2 N–H and O–H groups in total. The van der Waals surface area contributed by atoms with Gasteiger partial charge < -0.3 is 0 Å². The third-order valence-electron chi connectivity index (χ3n) is 6.04. The smallest absolute Gasteiger partial charge is 0.293 e. The minimum atomic E-state index is -5.84. The Hall–Kier alpha value is -1.86. The second-order valence-electron chi connectivity index (χ2n) is 8.84. The predicted molar refractivity (Wildman–Crippen MR) is 131 cm³/mol. The average Bonchev–Trinajstić information content (AvgIpc) is 3.48. The number of likely N-dealkylation sites (tertiary alicyclic amines) is 2. The number of alkyl halides is 6. The molecule has 0 amide bonds. The fourth-order valence-electron chi connectivity index (χ4n) is 4.37. The van der Waals surface area contributed by atoms with Gasteiger partial charge in [0, 0.05) is 54.6 Å². The summed E-state index contributed by atoms with van der Waals surface area (Å²) in [5.41, 5.74) is -8.68. The molecule has 2 atom stereocenters. The van der Waals surface area contributed by atoms with E-state index in [-0.39, 0.29) is 17.1 Å². The second kappa shape index (κ2) is 15.6. The molecule has 2 saturated heterocycles. The van der Waals surface area contributed by atoms with E-state index in [1.807, 2.05) is 24.5 Å². The molecule has 2 aromatic rings. The monoisotopic (exact) mass is 678 g/mol. The van der Waals surface area contributed by atoms with Crippen LogP contribution in [0.25, 0.3) is 0 Å². The van der Waals surface area contributed by atoms with Crippen LogP contribution < -0.4 is 0 Å². The Morgan fingerprint density at radius 3 is 1.27 bits per heavy atom. The van der Waals surface area contributed by atoms with E-state index in [2.05, 4.69) is 44.0 Å². The van der Waals surface area contributed by atoms with Crippen molar-refractivity contribution in [1.29, 1.82) is 0 Å². The van der Waals surface area contributed by atoms with Crippen LogP contribution in [0.2, 0.25) is 0 Å². The quantitative estimate of drug-likeness (QED) is 0.207. The summed E-state index contributed by atoms with van der Waals surface area (Å²) in [7, 11) is -11.7. The van der Waals surface area contributed by atoms with Crippen molar-refractivity contribution in [3.05, 3.63) is 60.2 Å². The van der Waals surface area contributed by atoms with Gasteiger partial charge in [0.2, 0.25) is 0 Å². The number of halogens is 6. The summed E-state index contributed by atoms with van der Waals surface area (Å²) in [5, 5.41) is 0. The Labute approximate surface area is 244 Å². The van der Waals surface area contributed by atoms with Crippen molar-refractivity contribution >= 4 is 20.2 Å². The molecule has 4 rings (SSSR count). The van der Waals surface area contributed by atoms with Gasteiger partial charge in [-0.2, -0.15) is 43.2 Å². The third kappa shape index (κ3) is 12.1. The van der Waals surface area contributed by atoms with Gasteiger partial charge in [0.15, 0.2) is 0 Å². The average molecular weight is 678 g/mol. The molecule has 2 aromatic heterocycles. The topological polar surface area (TPSA) is 141 Å². The van der Waals surface area contributed by atoms with Crippen molar-refractivity contribution < 1.29 is 69.4 Å². The normalized spacial score (nSPS) is 20.3. The molecule has 234 valence electrons. The first-order valence-corrected chi connectivity index (χ1v) is 14.6. The minimum Gasteiger partial charge on any atom is -0.293 e. The molecule has 0 aromatic carbocycles. The molecular formula is C22H28F6FeN4O6S2. The van der Waals surface area contributed by atoms with E-state index in [1.54, 1.807) is 0 Å². The van der Waals surface area contributed by atoms with E-state index in [0.29, 0.717) is 12.1 Å². The molecule has 10 nitrogen and oxygen atoms in total. The molecule has 0 saturated carbocycles. The van der Waals surface area contributed by atoms with Crippen LogP contribution >= 0.6 is 0 Å². The van der Waals surface area contributed by atoms with Gasteiger partial charge in [-0.15, -0.1) is 0 Å². The standard InChI is InChI=1S/C20H26N4.2CHF3O3S.Fe/c1-3-11-21-17(7-1)15-23-13-5-9-19(23)20-10-6-14-24(20)16-18-8-2-4-12-22-18;2*2-1(3,4)8(5,6)7;/h1-4,7-8,11-12,19-20H,5-6,9-10,13-16H2;2*(H,5,6,7);/t19-,20-;;;/m1.../s1. The second-order valence-corrected chi connectivity index (χ2v) is 11.7. The fourth-order valence-corrected chi connectivity index (χ4v) is 4.37. The van der Waals surface area contributed by atoms with Gasteiger partial charge in [-0.25, -0.2) is 0 Å². The van der Waals surface area contributed by atoms with Crippen LogP contribution in [0.3, 0.4) is 0 Å². The first-order valence-electron chi connectivity index (χ1n) is 11.8. The van der Waals surface area contributed by atoms with E-state index in [0.717, 1.165) is 13.1 Å². The summed E-state index contributed by atoms with van der Waals surface area (Å²) >= 11 is 0. The maximum atomic E-state index is 10.7. The first kappa shape index (κ1) is 37.2. The number of pyridine rings is 2. The maximum Gasteiger partial charge on any atom is 0.522 e. The van der Waals surface area contributed by atoms with Crippen LogP contribution in [0.15, 0.2) is 48.8 Å². The van der Waals surface area contributed by atoms with Gasteiger partial charge in [0.05, 0.1) is 11.4 Å². The van der Waals surface area contributed by atoms with Crippen molar-refractivity contribution in [2.45, 2.75) is 61.9 Å². The summed E-state index contributed by atoms with van der Waals surface area (Å²) in [6.07, 6.45) is 9.07. The number of aromatic nitrogens is 2. The number of hydrogen-bond donors (Lipinski definition) is 2. The summed E-state index contributed by atoms with van der Waals surface area (Å²) < 4.78 is 115. The van der Waals surface area contributed by atoms with Gasteiger partial charge in [0.1, 0.15) is 0 Å². The minimum absolute atomic E-state index is 0. The molecule has 0 radical (unpaired) electrons. The van der Waals surface area contributed by atoms with E-state index < -0.39 is 31.3 Å². The van der Waals surface area contributed by atoms with Crippen LogP contribution in [0.4, 0.5) is 26.3 Å². The van der Waals surface area contributed by atoms with Crippen molar-refractivity contribution in [2.24, 2.45) is 0 Å². The van der Waals surface area contributed by atoms with Crippen molar-refractivity contribution in [3.63, 3.8) is 0 Å². The fraction of sp³-hybridized carbons (Fsp3) is 0.545. The summed E-state index contributed by atoms with van der Waals surface area (Å²) in [6, 6.07) is 13.8. The van der Waals surface area contributed by atoms with Crippen LogP contribution in [0.1, 0.15) is 37.1 Å². The molecule has 2 fully saturated rings. The molecule has 2 aliphatic heterocycles. The molecule has 41 heavy (non-hydrogen) atoms. The van der Waals surface area contributed by atoms with Gasteiger partial charge in [-0.1, -0.05) is 12.1 Å². The maximum absolute atomic E-state index is 10.7. The molecular weight excluding hydrogens is 650 g/mol. The Kier molecular flexibility index (Phi) is 14.1. The van der Waals surface area contributed by atoms with Crippen LogP contribution in [-0.4, -0.2) is 81.9 Å². The third-order valence-corrected chi connectivity index (χ3v) is 7.21. The summed E-state index contributed by atoms with van der Waals surface area (Å²) in [6.45, 7) is 4.38. The number of nitrogens with zero attached hydrogens (tertiary/aromatic N) is 4. The SMILES string of the molecule is O=S(=O)(O)C(F)(F)F.O=S(=O)(O)C(F)(F)F.[Fe].c1ccc(CN2CCC[C@@H]2[C@H]2CCCN2Cc2ccccn2)nc1. The van der Waals surface area contributed by atoms with Crippen LogP contribution in [-0.2, 0) is 50.4 Å². The number of hydrogen-bond acceptors (Lipinski definition) is 8. The van der Waals surface area contributed by atoms with Gasteiger partial charge in [0.25, 0.3) is 0 Å². The first-order chi connectivity index (χ1) is 18.4. The zero-order chi connectivity index (χ0) is 30.2. The van der Waals surface area contributed by atoms with E-state index in [9.17, 15) is 26.3 Å². The molecule has 2 aliphatic rings. The Morgan fingerprint density at radius 2 is 1.02 bits per heavy atom. The Morgan fingerprint density at radius 1 is 0.707 bits per heavy atom. The van der Waals surface area contributed by atoms with E-state index in [1.165, 1.54) is 50.2 Å². The Bertz CT molecular complexity index is 1170. The van der Waals surface area contributed by atoms with Crippen LogP contribution in [0, 0.1) is 0 Å². The summed E-state index contributed by atoms with van der Waals surface area (Å²) in [4.78, 5) is 14.4. The van der Waals surface area contributed by atoms with Gasteiger partial charge in [-0.3, -0.25) is 28.9 Å². The molecule has 0 spiro atoms. The zero-order valence-electron chi connectivity index (χ0n) is 21.2. The molecule has 0 bridgehead atoms. The predicted octanol–water partition coefficient (Wildman–Crippen LogP) is 3.89. The number of rotatable bonds is 5. The zero-order valence-corrected chi connectivity index (χ0v) is 23.9. The Balaban J connectivity index is 0.000000413. The van der Waals surface area contributed by atoms with E-state index in [4.69, 9.17) is 25.9 Å². The van der Waals surface area contributed by atoms with Gasteiger partial charge in [-0.05, 0) is 63.0 Å². The summed E-state index contributed by atoms with van der Waals surface area (Å²) in [5.74, 6) is 0. The molecule has 19 heteroatoms. The van der Waals surface area contributed by atoms with Crippen molar-refractivity contribution in [2.75, 3.05) is 13.1 Å². The van der Waals surface area contributed by atoms with Crippen molar-refractivity contribution in [1.82, 2.24) is 19.8 Å².